The summed E-state index contributed by atoms with van der Waals surface area (Å²) < 4.78 is 18.8. The lowest BCUT2D eigenvalue weighted by atomic mass is 10.0. The molecular weight excluding hydrogens is 347 g/mol. The minimum Gasteiger partial charge on any atom is -0.462 e. The second-order valence-corrected chi connectivity index (χ2v) is 5.83. The van der Waals surface area contributed by atoms with Gasteiger partial charge in [-0.15, -0.1) is 0 Å². The molecular formula is C21H19FN2O3. The van der Waals surface area contributed by atoms with Crippen molar-refractivity contribution in [3.05, 3.63) is 76.7 Å². The van der Waals surface area contributed by atoms with Gasteiger partial charge in [0.15, 0.2) is 6.61 Å². The highest BCUT2D eigenvalue weighted by Crippen LogP contribution is 2.24. The Morgan fingerprint density at radius 3 is 2.70 bits per heavy atom. The van der Waals surface area contributed by atoms with Crippen LogP contribution in [0.4, 0.5) is 4.39 Å². The van der Waals surface area contributed by atoms with Gasteiger partial charge in [0.1, 0.15) is 5.82 Å². The summed E-state index contributed by atoms with van der Waals surface area (Å²) in [4.78, 5) is 22.2. The highest BCUT2D eigenvalue weighted by atomic mass is 19.1. The Bertz CT molecular complexity index is 1000. The fourth-order valence-corrected chi connectivity index (χ4v) is 2.79. The topological polar surface area (TPSA) is 60.8 Å². The summed E-state index contributed by atoms with van der Waals surface area (Å²) >= 11 is 0. The summed E-state index contributed by atoms with van der Waals surface area (Å²) in [6, 6.07) is 13.8. The Morgan fingerprint density at radius 1 is 1.19 bits per heavy atom. The van der Waals surface area contributed by atoms with E-state index in [0.717, 1.165) is 16.5 Å². The van der Waals surface area contributed by atoms with E-state index < -0.39 is 11.8 Å². The maximum Gasteiger partial charge on any atom is 0.340 e. The standard InChI is InChI=1S/C21H19FN2O3/c1-3-26-21(25)20-14(2)16-9-5-7-11-18(16)24-19(20)13-27-23-12-15-8-4-6-10-17(15)22/h4-12H,3,13H2,1-2H3/b23-12-. The van der Waals surface area contributed by atoms with Crippen LogP contribution < -0.4 is 0 Å². The Labute approximate surface area is 156 Å². The van der Waals surface area contributed by atoms with E-state index in [1.54, 1.807) is 25.1 Å². The van der Waals surface area contributed by atoms with E-state index in [9.17, 15) is 9.18 Å². The molecule has 0 saturated heterocycles. The number of aryl methyl sites for hydroxylation is 1. The maximum absolute atomic E-state index is 13.6. The molecule has 0 saturated carbocycles. The Balaban J connectivity index is 1.89. The van der Waals surface area contributed by atoms with E-state index in [1.807, 2.05) is 31.2 Å². The van der Waals surface area contributed by atoms with Gasteiger partial charge in [-0.2, -0.15) is 0 Å². The Hall–Kier alpha value is -3.28. The van der Waals surface area contributed by atoms with Gasteiger partial charge in [0.05, 0.1) is 29.6 Å². The molecule has 2 aromatic carbocycles. The van der Waals surface area contributed by atoms with Crippen molar-refractivity contribution in [2.75, 3.05) is 6.61 Å². The fourth-order valence-electron chi connectivity index (χ4n) is 2.79. The quantitative estimate of drug-likeness (QED) is 0.368. The van der Waals surface area contributed by atoms with Crippen molar-refractivity contribution >= 4 is 23.1 Å². The Kier molecular flexibility index (Phi) is 5.76. The number of hydrogen-bond donors (Lipinski definition) is 0. The van der Waals surface area contributed by atoms with Gasteiger partial charge < -0.3 is 9.57 Å². The second kappa shape index (κ2) is 8.40. The SMILES string of the molecule is CCOC(=O)c1c(CO/N=C\c2ccccc2F)nc2ccccc2c1C. The molecule has 0 aliphatic heterocycles. The lowest BCUT2D eigenvalue weighted by Gasteiger charge is -2.13. The number of esters is 1. The highest BCUT2D eigenvalue weighted by Gasteiger charge is 2.20. The molecule has 6 heteroatoms. The number of ether oxygens (including phenoxy) is 1. The van der Waals surface area contributed by atoms with Crippen LogP contribution >= 0.6 is 0 Å². The van der Waals surface area contributed by atoms with Gasteiger partial charge in [0.2, 0.25) is 0 Å². The number of fused-ring (bicyclic) bond motifs is 1. The Morgan fingerprint density at radius 2 is 1.93 bits per heavy atom. The number of nitrogens with zero attached hydrogens (tertiary/aromatic N) is 2. The molecule has 0 N–H and O–H groups in total. The number of carbonyl (C=O) groups excluding carboxylic acids is 1. The van der Waals surface area contributed by atoms with Gasteiger partial charge in [0, 0.05) is 10.9 Å². The van der Waals surface area contributed by atoms with Crippen molar-refractivity contribution in [3.8, 4) is 0 Å². The summed E-state index contributed by atoms with van der Waals surface area (Å²) in [5.41, 5.74) is 2.63. The first-order chi connectivity index (χ1) is 13.1. The zero-order chi connectivity index (χ0) is 19.2. The van der Waals surface area contributed by atoms with E-state index in [0.29, 0.717) is 16.8 Å². The molecule has 1 aromatic heterocycles. The van der Waals surface area contributed by atoms with Crippen LogP contribution in [0.1, 0.15) is 34.1 Å². The van der Waals surface area contributed by atoms with Crippen molar-refractivity contribution in [2.45, 2.75) is 20.5 Å². The third kappa shape index (κ3) is 4.11. The molecule has 1 heterocycles. The zero-order valence-electron chi connectivity index (χ0n) is 15.1. The summed E-state index contributed by atoms with van der Waals surface area (Å²) in [7, 11) is 0. The molecule has 0 aliphatic rings. The van der Waals surface area contributed by atoms with Crippen molar-refractivity contribution in [1.29, 1.82) is 0 Å². The number of benzene rings is 2. The van der Waals surface area contributed by atoms with Gasteiger partial charge in [-0.1, -0.05) is 41.6 Å². The molecule has 0 bridgehead atoms. The van der Waals surface area contributed by atoms with E-state index in [1.165, 1.54) is 12.3 Å². The summed E-state index contributed by atoms with van der Waals surface area (Å²) in [5.74, 6) is -0.846. The van der Waals surface area contributed by atoms with Crippen LogP contribution in [0.15, 0.2) is 53.7 Å². The predicted molar refractivity (Wildman–Crippen MR) is 101 cm³/mol. The van der Waals surface area contributed by atoms with Crippen LogP contribution in [-0.4, -0.2) is 23.8 Å². The van der Waals surface area contributed by atoms with Crippen molar-refractivity contribution in [3.63, 3.8) is 0 Å². The van der Waals surface area contributed by atoms with Gasteiger partial charge in [0.25, 0.3) is 0 Å². The van der Waals surface area contributed by atoms with Crippen LogP contribution in [0, 0.1) is 12.7 Å². The monoisotopic (exact) mass is 366 g/mol. The van der Waals surface area contributed by atoms with E-state index in [-0.39, 0.29) is 13.2 Å². The normalized spacial score (nSPS) is 11.1. The summed E-state index contributed by atoms with van der Waals surface area (Å²) in [6.07, 6.45) is 1.28. The molecule has 3 aromatic rings. The molecule has 0 atom stereocenters. The van der Waals surface area contributed by atoms with Crippen molar-refractivity contribution < 1.29 is 18.8 Å². The molecule has 27 heavy (non-hydrogen) atoms. The van der Waals surface area contributed by atoms with Gasteiger partial charge in [-0.3, -0.25) is 0 Å². The van der Waals surface area contributed by atoms with Crippen LogP contribution in [0.3, 0.4) is 0 Å². The van der Waals surface area contributed by atoms with Crippen LogP contribution in [-0.2, 0) is 16.2 Å². The minimum absolute atomic E-state index is 0.0369. The largest absolute Gasteiger partial charge is 0.462 e. The minimum atomic E-state index is -0.454. The van der Waals surface area contributed by atoms with Gasteiger partial charge in [-0.25, -0.2) is 14.2 Å². The van der Waals surface area contributed by atoms with E-state index >= 15 is 0 Å². The zero-order valence-corrected chi connectivity index (χ0v) is 15.1. The molecule has 138 valence electrons. The second-order valence-electron chi connectivity index (χ2n) is 5.83. The van der Waals surface area contributed by atoms with Crippen LogP contribution in [0.25, 0.3) is 10.9 Å². The summed E-state index contributed by atoms with van der Waals surface area (Å²) in [6.45, 7) is 3.82. The summed E-state index contributed by atoms with van der Waals surface area (Å²) in [5, 5.41) is 4.67. The first kappa shape index (κ1) is 18.5. The molecule has 3 rings (SSSR count). The number of pyridine rings is 1. The smallest absolute Gasteiger partial charge is 0.340 e. The van der Waals surface area contributed by atoms with Gasteiger partial charge in [-0.05, 0) is 31.5 Å². The number of carbonyl (C=O) groups is 1. The van der Waals surface area contributed by atoms with Crippen molar-refractivity contribution in [1.82, 2.24) is 4.98 Å². The lowest BCUT2D eigenvalue weighted by Crippen LogP contribution is -2.13. The number of oxime groups is 1. The molecule has 0 unspecified atom stereocenters. The molecule has 0 radical (unpaired) electrons. The molecule has 5 nitrogen and oxygen atoms in total. The van der Waals surface area contributed by atoms with Crippen molar-refractivity contribution in [2.24, 2.45) is 5.16 Å². The van der Waals surface area contributed by atoms with E-state index in [4.69, 9.17) is 9.57 Å². The molecule has 0 aliphatic carbocycles. The number of halogens is 1. The number of hydrogen-bond acceptors (Lipinski definition) is 5. The highest BCUT2D eigenvalue weighted by molar-refractivity contribution is 5.98. The molecule has 0 fully saturated rings. The average molecular weight is 366 g/mol. The van der Waals surface area contributed by atoms with Gasteiger partial charge >= 0.3 is 5.97 Å². The third-order valence-corrected chi connectivity index (χ3v) is 4.08. The lowest BCUT2D eigenvalue weighted by molar-refractivity contribution is 0.0517. The predicted octanol–water partition coefficient (Wildman–Crippen LogP) is 4.41. The van der Waals surface area contributed by atoms with Crippen LogP contribution in [0.2, 0.25) is 0 Å². The van der Waals surface area contributed by atoms with E-state index in [2.05, 4.69) is 10.1 Å². The first-order valence-electron chi connectivity index (χ1n) is 8.57. The first-order valence-corrected chi connectivity index (χ1v) is 8.57. The number of aromatic nitrogens is 1. The van der Waals surface area contributed by atoms with Crippen LogP contribution in [0.5, 0.6) is 0 Å². The molecule has 0 amide bonds. The third-order valence-electron chi connectivity index (χ3n) is 4.08. The fraction of sp³-hybridized carbons (Fsp3) is 0.190. The average Bonchev–Trinajstić information content (AvgIpc) is 2.67. The molecule has 0 spiro atoms. The number of para-hydroxylation sites is 1. The maximum atomic E-state index is 13.6. The number of rotatable bonds is 6.